The molecule has 0 amide bonds. The Kier molecular flexibility index (Phi) is 4.42. The summed E-state index contributed by atoms with van der Waals surface area (Å²) in [5, 5.41) is 12.4. The Morgan fingerprint density at radius 2 is 1.84 bits per heavy atom. The molecule has 0 saturated carbocycles. The van der Waals surface area contributed by atoms with Crippen molar-refractivity contribution in [1.82, 2.24) is 0 Å². The summed E-state index contributed by atoms with van der Waals surface area (Å²) in [5.41, 5.74) is 4.29. The third-order valence-electron chi connectivity index (χ3n) is 3.06. The molecule has 100 valence electrons. The molecule has 2 aromatic rings. The Labute approximate surface area is 113 Å². The highest BCUT2D eigenvalue weighted by molar-refractivity contribution is 5.47. The van der Waals surface area contributed by atoms with Crippen LogP contribution in [-0.2, 0) is 13.2 Å². The topological polar surface area (TPSA) is 41.5 Å². The van der Waals surface area contributed by atoms with Gasteiger partial charge in [-0.3, -0.25) is 0 Å². The molecule has 3 nitrogen and oxygen atoms in total. The van der Waals surface area contributed by atoms with E-state index in [4.69, 9.17) is 9.84 Å². The first-order valence-electron chi connectivity index (χ1n) is 6.30. The second-order valence-corrected chi connectivity index (χ2v) is 4.52. The van der Waals surface area contributed by atoms with Crippen LogP contribution in [0.5, 0.6) is 5.75 Å². The summed E-state index contributed by atoms with van der Waals surface area (Å²) in [7, 11) is 1.68. The van der Waals surface area contributed by atoms with Crippen LogP contribution in [0.4, 0.5) is 5.69 Å². The lowest BCUT2D eigenvalue weighted by molar-refractivity contribution is 0.282. The van der Waals surface area contributed by atoms with Gasteiger partial charge >= 0.3 is 0 Å². The van der Waals surface area contributed by atoms with Crippen molar-refractivity contribution >= 4 is 5.69 Å². The third kappa shape index (κ3) is 3.48. The third-order valence-corrected chi connectivity index (χ3v) is 3.06. The van der Waals surface area contributed by atoms with E-state index in [1.807, 2.05) is 36.4 Å². The van der Waals surface area contributed by atoms with E-state index in [0.717, 1.165) is 22.6 Å². The molecule has 0 atom stereocenters. The number of aliphatic hydroxyl groups excluding tert-OH is 1. The van der Waals surface area contributed by atoms with E-state index >= 15 is 0 Å². The van der Waals surface area contributed by atoms with Crippen molar-refractivity contribution in [3.8, 4) is 5.75 Å². The van der Waals surface area contributed by atoms with Crippen molar-refractivity contribution in [3.63, 3.8) is 0 Å². The van der Waals surface area contributed by atoms with E-state index in [2.05, 4.69) is 18.3 Å². The second-order valence-electron chi connectivity index (χ2n) is 4.52. The second kappa shape index (κ2) is 6.25. The summed E-state index contributed by atoms with van der Waals surface area (Å²) < 4.78 is 5.35. The van der Waals surface area contributed by atoms with Gasteiger partial charge in [-0.15, -0.1) is 0 Å². The quantitative estimate of drug-likeness (QED) is 0.864. The molecule has 2 N–H and O–H groups in total. The number of rotatable bonds is 5. The van der Waals surface area contributed by atoms with Crippen LogP contribution in [0, 0.1) is 6.92 Å². The van der Waals surface area contributed by atoms with E-state index in [1.165, 1.54) is 5.56 Å². The Morgan fingerprint density at radius 3 is 2.47 bits per heavy atom. The zero-order valence-corrected chi connectivity index (χ0v) is 11.3. The van der Waals surface area contributed by atoms with Crippen LogP contribution in [0.3, 0.4) is 0 Å². The number of hydrogen-bond acceptors (Lipinski definition) is 3. The number of hydrogen-bond donors (Lipinski definition) is 2. The van der Waals surface area contributed by atoms with Gasteiger partial charge in [0, 0.05) is 17.8 Å². The lowest BCUT2D eigenvalue weighted by Crippen LogP contribution is -2.02. The number of benzene rings is 2. The van der Waals surface area contributed by atoms with Gasteiger partial charge in [-0.25, -0.2) is 0 Å². The van der Waals surface area contributed by atoms with Gasteiger partial charge in [0.1, 0.15) is 5.75 Å². The molecule has 3 heteroatoms. The summed E-state index contributed by atoms with van der Waals surface area (Å²) in [4.78, 5) is 0. The minimum Gasteiger partial charge on any atom is -0.496 e. The van der Waals surface area contributed by atoms with Gasteiger partial charge in [-0.2, -0.15) is 0 Å². The van der Waals surface area contributed by atoms with Crippen molar-refractivity contribution in [2.75, 3.05) is 12.4 Å². The number of nitrogens with one attached hydrogen (secondary N) is 1. The fourth-order valence-electron chi connectivity index (χ4n) is 1.97. The van der Waals surface area contributed by atoms with Crippen molar-refractivity contribution in [3.05, 3.63) is 59.2 Å². The highest BCUT2D eigenvalue weighted by Crippen LogP contribution is 2.21. The van der Waals surface area contributed by atoms with Gasteiger partial charge in [0.2, 0.25) is 0 Å². The van der Waals surface area contributed by atoms with Gasteiger partial charge < -0.3 is 15.2 Å². The molecule has 2 aromatic carbocycles. The molecule has 0 aliphatic carbocycles. The largest absolute Gasteiger partial charge is 0.496 e. The van der Waals surface area contributed by atoms with Crippen molar-refractivity contribution < 1.29 is 9.84 Å². The van der Waals surface area contributed by atoms with Crippen molar-refractivity contribution in [2.45, 2.75) is 20.1 Å². The van der Waals surface area contributed by atoms with Crippen LogP contribution in [0.25, 0.3) is 0 Å². The Bertz CT molecular complexity index is 535. The number of ether oxygens (including phenoxy) is 1. The van der Waals surface area contributed by atoms with Crippen LogP contribution in [0.2, 0.25) is 0 Å². The lowest BCUT2D eigenvalue weighted by Gasteiger charge is -2.11. The highest BCUT2D eigenvalue weighted by Gasteiger charge is 2.03. The summed E-state index contributed by atoms with van der Waals surface area (Å²) in [6.07, 6.45) is 0. The maximum Gasteiger partial charge on any atom is 0.123 e. The maximum atomic E-state index is 9.00. The Balaban J connectivity index is 2.07. The van der Waals surface area contributed by atoms with Gasteiger partial charge in [0.05, 0.1) is 13.7 Å². The Morgan fingerprint density at radius 1 is 1.11 bits per heavy atom. The first-order chi connectivity index (χ1) is 9.22. The van der Waals surface area contributed by atoms with Gasteiger partial charge in [0.15, 0.2) is 0 Å². The van der Waals surface area contributed by atoms with E-state index in [1.54, 1.807) is 7.11 Å². The molecular weight excluding hydrogens is 238 g/mol. The summed E-state index contributed by atoms with van der Waals surface area (Å²) >= 11 is 0. The average Bonchev–Trinajstić information content (AvgIpc) is 2.46. The number of aryl methyl sites for hydroxylation is 1. The summed E-state index contributed by atoms with van der Waals surface area (Å²) in [6, 6.07) is 13.9. The first-order valence-corrected chi connectivity index (χ1v) is 6.30. The molecule has 0 bridgehead atoms. The molecule has 0 spiro atoms. The smallest absolute Gasteiger partial charge is 0.123 e. The predicted molar refractivity (Wildman–Crippen MR) is 77.4 cm³/mol. The Hall–Kier alpha value is -2.00. The lowest BCUT2D eigenvalue weighted by atomic mass is 10.1. The average molecular weight is 257 g/mol. The fourth-order valence-corrected chi connectivity index (χ4v) is 1.97. The molecule has 0 unspecified atom stereocenters. The number of methoxy groups -OCH3 is 1. The molecule has 0 aromatic heterocycles. The molecule has 2 rings (SSSR count). The van der Waals surface area contributed by atoms with Crippen LogP contribution < -0.4 is 10.1 Å². The van der Waals surface area contributed by atoms with Crippen LogP contribution in [0.1, 0.15) is 16.7 Å². The van der Waals surface area contributed by atoms with Gasteiger partial charge in [-0.05, 0) is 30.7 Å². The zero-order valence-electron chi connectivity index (χ0n) is 11.3. The zero-order chi connectivity index (χ0) is 13.7. The minimum atomic E-state index is 0.0754. The minimum absolute atomic E-state index is 0.0754. The van der Waals surface area contributed by atoms with E-state index in [-0.39, 0.29) is 6.61 Å². The van der Waals surface area contributed by atoms with E-state index in [0.29, 0.717) is 6.54 Å². The molecule has 0 heterocycles. The van der Waals surface area contributed by atoms with Gasteiger partial charge in [0.25, 0.3) is 0 Å². The van der Waals surface area contributed by atoms with E-state index < -0.39 is 0 Å². The van der Waals surface area contributed by atoms with Crippen molar-refractivity contribution in [2.24, 2.45) is 0 Å². The number of anilines is 1. The molecule has 19 heavy (non-hydrogen) atoms. The predicted octanol–water partition coefficient (Wildman–Crippen LogP) is 3.11. The highest BCUT2D eigenvalue weighted by atomic mass is 16.5. The summed E-state index contributed by atoms with van der Waals surface area (Å²) in [5.74, 6) is 0.894. The number of aliphatic hydroxyl groups is 1. The van der Waals surface area contributed by atoms with Crippen LogP contribution in [-0.4, -0.2) is 12.2 Å². The SMILES string of the molecule is COc1ccc(C)cc1CNc1ccc(CO)cc1. The standard InChI is InChI=1S/C16H19NO2/c1-12-3-8-16(19-2)14(9-12)10-17-15-6-4-13(11-18)5-7-15/h3-9,17-18H,10-11H2,1-2H3. The monoisotopic (exact) mass is 257 g/mol. The van der Waals surface area contributed by atoms with Crippen molar-refractivity contribution in [1.29, 1.82) is 0 Å². The molecule has 0 radical (unpaired) electrons. The fraction of sp³-hybridized carbons (Fsp3) is 0.250. The molecule has 0 aliphatic heterocycles. The molecular formula is C16H19NO2. The molecule has 0 fully saturated rings. The first kappa shape index (κ1) is 13.4. The van der Waals surface area contributed by atoms with Gasteiger partial charge in [-0.1, -0.05) is 29.8 Å². The molecule has 0 saturated heterocycles. The summed E-state index contributed by atoms with van der Waals surface area (Å²) in [6.45, 7) is 2.86. The van der Waals surface area contributed by atoms with Crippen LogP contribution >= 0.6 is 0 Å². The maximum absolute atomic E-state index is 9.00. The normalized spacial score (nSPS) is 10.3. The van der Waals surface area contributed by atoms with E-state index in [9.17, 15) is 0 Å². The van der Waals surface area contributed by atoms with Crippen LogP contribution in [0.15, 0.2) is 42.5 Å². The molecule has 0 aliphatic rings.